The number of methoxy groups -OCH3 is 1. The fraction of sp³-hybridized carbons (Fsp3) is 0.367. The van der Waals surface area contributed by atoms with Crippen molar-refractivity contribution in [1.29, 1.82) is 0 Å². The monoisotopic (exact) mass is 702 g/mol. The lowest BCUT2D eigenvalue weighted by Crippen LogP contribution is -2.60. The highest BCUT2D eigenvalue weighted by atomic mass is 35.5. The molecule has 248 valence electrons. The predicted molar refractivity (Wildman–Crippen MR) is 150 cm³/mol. The van der Waals surface area contributed by atoms with E-state index in [4.69, 9.17) is 33.0 Å². The molecule has 2 aromatic carbocycles. The highest BCUT2D eigenvalue weighted by molar-refractivity contribution is 6.58. The second-order valence-corrected chi connectivity index (χ2v) is 12.6. The Hall–Kier alpha value is -4.08. The summed E-state index contributed by atoms with van der Waals surface area (Å²) in [6.45, 7) is -0.402. The average molecular weight is 703 g/mol. The van der Waals surface area contributed by atoms with Crippen LogP contribution in [0, 0.1) is 46.8 Å². The zero-order valence-corrected chi connectivity index (χ0v) is 25.4. The Morgan fingerprint density at radius 3 is 2.09 bits per heavy atom. The third kappa shape index (κ3) is 4.28. The van der Waals surface area contributed by atoms with Gasteiger partial charge in [0.15, 0.2) is 33.0 Å². The molecule has 6 atom stereocenters. The predicted octanol–water partition coefficient (Wildman–Crippen LogP) is 4.08. The van der Waals surface area contributed by atoms with Crippen molar-refractivity contribution in [3.05, 3.63) is 70.6 Å². The minimum Gasteiger partial charge on any atom is -0.491 e. The standard InChI is InChI=1S/C30H21Cl2F5N2O8/c1-46-28(45)39-24(41)14-7-6-13-15(16(14)25(39)42)10-29(31)26(43)38(23-21(36)19(34)18(33)20(35)22(23)37)27(44)30(29,32)17(13)11-2-4-12(5-3-11)47-9-8-40/h2-6,14-17,40H,7-10H2,1H3. The van der Waals surface area contributed by atoms with E-state index in [9.17, 15) is 37.1 Å². The van der Waals surface area contributed by atoms with Gasteiger partial charge in [-0.3, -0.25) is 19.2 Å². The number of ether oxygens (including phenoxy) is 2. The first-order chi connectivity index (χ1) is 22.2. The van der Waals surface area contributed by atoms with Gasteiger partial charge in [0.05, 0.1) is 25.6 Å². The van der Waals surface area contributed by atoms with Crippen LogP contribution in [0.25, 0.3) is 0 Å². The molecule has 0 spiro atoms. The van der Waals surface area contributed by atoms with Crippen LogP contribution in [0.3, 0.4) is 0 Å². The Bertz CT molecular complexity index is 1780. The number of aliphatic hydroxyl groups excluding tert-OH is 1. The van der Waals surface area contributed by atoms with E-state index in [0.29, 0.717) is 4.90 Å². The molecule has 0 aromatic heterocycles. The average Bonchev–Trinajstić information content (AvgIpc) is 3.40. The highest BCUT2D eigenvalue weighted by Gasteiger charge is 2.77. The van der Waals surface area contributed by atoms with Gasteiger partial charge in [-0.1, -0.05) is 23.8 Å². The number of aliphatic hydroxyl groups is 1. The number of halogens is 7. The van der Waals surface area contributed by atoms with Crippen LogP contribution in [0.2, 0.25) is 0 Å². The fourth-order valence-electron chi connectivity index (χ4n) is 7.13. The number of hydrogen-bond acceptors (Lipinski definition) is 8. The molecule has 0 bridgehead atoms. The van der Waals surface area contributed by atoms with Gasteiger partial charge in [0.1, 0.15) is 18.0 Å². The molecule has 17 heteroatoms. The lowest BCUT2D eigenvalue weighted by atomic mass is 9.56. The first-order valence-corrected chi connectivity index (χ1v) is 14.7. The van der Waals surface area contributed by atoms with E-state index in [2.05, 4.69) is 4.74 Å². The van der Waals surface area contributed by atoms with Crippen molar-refractivity contribution in [2.45, 2.75) is 28.5 Å². The molecule has 6 unspecified atom stereocenters. The van der Waals surface area contributed by atoms with E-state index in [-0.39, 0.29) is 41.4 Å². The maximum absolute atomic E-state index is 15.1. The molecule has 6 rings (SSSR count). The van der Waals surface area contributed by atoms with Crippen molar-refractivity contribution in [1.82, 2.24) is 4.90 Å². The number of fused-ring (bicyclic) bond motifs is 4. The Morgan fingerprint density at radius 2 is 1.51 bits per heavy atom. The van der Waals surface area contributed by atoms with Crippen LogP contribution in [0.4, 0.5) is 32.4 Å². The summed E-state index contributed by atoms with van der Waals surface area (Å²) in [5.41, 5.74) is -1.54. The van der Waals surface area contributed by atoms with Gasteiger partial charge in [0.25, 0.3) is 11.8 Å². The van der Waals surface area contributed by atoms with Gasteiger partial charge in [-0.15, -0.1) is 23.2 Å². The lowest BCUT2D eigenvalue weighted by molar-refractivity contribution is -0.138. The van der Waals surface area contributed by atoms with Gasteiger partial charge in [0.2, 0.25) is 17.6 Å². The fourth-order valence-corrected chi connectivity index (χ4v) is 8.07. The van der Waals surface area contributed by atoms with Crippen LogP contribution < -0.4 is 9.64 Å². The van der Waals surface area contributed by atoms with E-state index in [1.165, 1.54) is 30.3 Å². The quantitative estimate of drug-likeness (QED) is 0.123. The Morgan fingerprint density at radius 1 is 0.915 bits per heavy atom. The summed E-state index contributed by atoms with van der Waals surface area (Å²) in [5, 5.41) is 9.08. The summed E-state index contributed by atoms with van der Waals surface area (Å²) < 4.78 is 82.7. The second kappa shape index (κ2) is 11.3. The van der Waals surface area contributed by atoms with Crippen molar-refractivity contribution < 1.29 is 60.5 Å². The van der Waals surface area contributed by atoms with Gasteiger partial charge < -0.3 is 14.6 Å². The molecule has 5 amide bonds. The molecule has 1 N–H and O–H groups in total. The minimum atomic E-state index is -2.70. The van der Waals surface area contributed by atoms with Crippen LogP contribution in [-0.4, -0.2) is 69.8 Å². The zero-order valence-electron chi connectivity index (χ0n) is 23.9. The number of rotatable bonds is 5. The van der Waals surface area contributed by atoms with Crippen LogP contribution in [0.5, 0.6) is 5.75 Å². The first kappa shape index (κ1) is 32.8. The molecular formula is C30H21Cl2F5N2O8. The van der Waals surface area contributed by atoms with Crippen LogP contribution in [-0.2, 0) is 23.9 Å². The summed E-state index contributed by atoms with van der Waals surface area (Å²) >= 11 is 14.0. The molecule has 2 aliphatic heterocycles. The molecule has 2 saturated heterocycles. The van der Waals surface area contributed by atoms with E-state index >= 15 is 8.78 Å². The van der Waals surface area contributed by atoms with E-state index in [1.807, 2.05) is 0 Å². The molecule has 4 aliphatic rings. The maximum atomic E-state index is 15.1. The summed E-state index contributed by atoms with van der Waals surface area (Å²) in [6, 6.07) is 5.61. The number of carbonyl (C=O) groups is 5. The SMILES string of the molecule is COC(=O)N1C(=O)C2CC=C3C(CC4(Cl)C(=O)N(c5c(F)c(F)c(F)c(F)c5F)C(=O)C4(Cl)C3c3ccc(OCCO)cc3)C2C1=O. The van der Waals surface area contributed by atoms with Gasteiger partial charge in [-0.25, -0.2) is 31.6 Å². The Balaban J connectivity index is 1.56. The number of alkyl halides is 2. The molecule has 10 nitrogen and oxygen atoms in total. The van der Waals surface area contributed by atoms with E-state index in [1.54, 1.807) is 0 Å². The largest absolute Gasteiger partial charge is 0.491 e. The van der Waals surface area contributed by atoms with Crippen molar-refractivity contribution >= 4 is 58.6 Å². The Kier molecular flexibility index (Phi) is 7.88. The minimum absolute atomic E-state index is 0.0833. The van der Waals surface area contributed by atoms with Crippen molar-refractivity contribution in [3.63, 3.8) is 0 Å². The number of carbonyl (C=O) groups excluding carboxylic acids is 5. The molecule has 1 saturated carbocycles. The highest BCUT2D eigenvalue weighted by Crippen LogP contribution is 2.66. The maximum Gasteiger partial charge on any atom is 0.423 e. The topological polar surface area (TPSA) is 131 Å². The van der Waals surface area contributed by atoms with E-state index < -0.39 is 104 Å². The third-order valence-corrected chi connectivity index (χ3v) is 10.6. The summed E-state index contributed by atoms with van der Waals surface area (Å²) in [5.74, 6) is -22.4. The van der Waals surface area contributed by atoms with Crippen molar-refractivity contribution in [2.24, 2.45) is 17.8 Å². The molecule has 0 radical (unpaired) electrons. The molecule has 2 heterocycles. The molecule has 2 aromatic rings. The second-order valence-electron chi connectivity index (χ2n) is 11.3. The summed E-state index contributed by atoms with van der Waals surface area (Å²) in [4.78, 5) is 62.1. The van der Waals surface area contributed by atoms with Gasteiger partial charge in [-0.05, 0) is 36.5 Å². The van der Waals surface area contributed by atoms with Crippen molar-refractivity contribution in [3.8, 4) is 5.75 Å². The third-order valence-electron chi connectivity index (χ3n) is 9.15. The number of likely N-dealkylation sites (tertiary alicyclic amines) is 1. The summed E-state index contributed by atoms with van der Waals surface area (Å²) in [6.07, 6.45) is -0.644. The van der Waals surface area contributed by atoms with E-state index in [0.717, 1.165) is 7.11 Å². The number of imide groups is 4. The van der Waals surface area contributed by atoms with Gasteiger partial charge >= 0.3 is 6.09 Å². The number of amides is 5. The number of anilines is 1. The molecule has 47 heavy (non-hydrogen) atoms. The summed E-state index contributed by atoms with van der Waals surface area (Å²) in [7, 11) is 0.950. The smallest absolute Gasteiger partial charge is 0.423 e. The van der Waals surface area contributed by atoms with Gasteiger partial charge in [0, 0.05) is 5.92 Å². The van der Waals surface area contributed by atoms with Crippen LogP contribution in [0.15, 0.2) is 35.9 Å². The number of hydrogen-bond donors (Lipinski definition) is 1. The van der Waals surface area contributed by atoms with Crippen LogP contribution in [0.1, 0.15) is 24.3 Å². The van der Waals surface area contributed by atoms with Crippen molar-refractivity contribution in [2.75, 3.05) is 25.2 Å². The zero-order chi connectivity index (χ0) is 34.3. The number of allylic oxidation sites excluding steroid dienone is 2. The molecular weight excluding hydrogens is 682 g/mol. The lowest BCUT2D eigenvalue weighted by Gasteiger charge is -2.50. The normalized spacial score (nSPS) is 29.9. The Labute approximate surface area is 271 Å². The van der Waals surface area contributed by atoms with Crippen LogP contribution >= 0.6 is 23.2 Å². The number of nitrogens with zero attached hydrogens (tertiary/aromatic N) is 2. The number of benzene rings is 2. The molecule has 3 fully saturated rings. The van der Waals surface area contributed by atoms with Gasteiger partial charge in [-0.2, -0.15) is 4.90 Å². The first-order valence-electron chi connectivity index (χ1n) is 13.9. The molecule has 2 aliphatic carbocycles.